The standard InChI is InChI=1S/C18H16ClFN4O2/c19-6-14(25)24-16-10-3-1-2-9(10)8-23-17(16)18(26)11-4-5-13(20)15(22)12(11)7-21/h4-5,7-8,21H,1-3,6,22H2,(H,24,25). The third kappa shape index (κ3) is 3.06. The van der Waals surface area contributed by atoms with Gasteiger partial charge in [-0.2, -0.15) is 0 Å². The van der Waals surface area contributed by atoms with Gasteiger partial charge in [0.1, 0.15) is 17.4 Å². The molecule has 0 fully saturated rings. The van der Waals surface area contributed by atoms with E-state index < -0.39 is 17.5 Å². The molecule has 0 radical (unpaired) electrons. The quantitative estimate of drug-likeness (QED) is 0.323. The van der Waals surface area contributed by atoms with Crippen LogP contribution in [0.5, 0.6) is 0 Å². The molecule has 0 saturated heterocycles. The van der Waals surface area contributed by atoms with Gasteiger partial charge in [0.05, 0.1) is 11.4 Å². The second-order valence-corrected chi connectivity index (χ2v) is 6.18. The van der Waals surface area contributed by atoms with Gasteiger partial charge in [0.15, 0.2) is 0 Å². The topological polar surface area (TPSA) is 109 Å². The summed E-state index contributed by atoms with van der Waals surface area (Å²) in [6, 6.07) is 2.33. The fourth-order valence-corrected chi connectivity index (χ4v) is 3.18. The summed E-state index contributed by atoms with van der Waals surface area (Å²) < 4.78 is 13.7. The molecule has 1 aromatic heterocycles. The van der Waals surface area contributed by atoms with Crippen LogP contribution in [0.1, 0.15) is 39.2 Å². The number of carbonyl (C=O) groups excluding carboxylic acids is 2. The van der Waals surface area contributed by atoms with E-state index >= 15 is 0 Å². The predicted octanol–water partition coefficient (Wildman–Crippen LogP) is 2.70. The van der Waals surface area contributed by atoms with Crippen molar-refractivity contribution in [1.29, 1.82) is 5.41 Å². The van der Waals surface area contributed by atoms with Crippen molar-refractivity contribution in [1.82, 2.24) is 4.98 Å². The second kappa shape index (κ2) is 7.21. The number of benzene rings is 1. The van der Waals surface area contributed by atoms with Crippen molar-refractivity contribution in [2.24, 2.45) is 0 Å². The van der Waals surface area contributed by atoms with Gasteiger partial charge in [0.25, 0.3) is 0 Å². The van der Waals surface area contributed by atoms with Crippen LogP contribution in [-0.4, -0.2) is 28.8 Å². The number of ketones is 1. The first-order valence-corrected chi connectivity index (χ1v) is 8.51. The van der Waals surface area contributed by atoms with Crippen LogP contribution >= 0.6 is 11.6 Å². The summed E-state index contributed by atoms with van der Waals surface area (Å²) in [5.74, 6) is -1.96. The van der Waals surface area contributed by atoms with E-state index in [2.05, 4.69) is 10.3 Å². The van der Waals surface area contributed by atoms with E-state index in [9.17, 15) is 14.0 Å². The van der Waals surface area contributed by atoms with E-state index in [4.69, 9.17) is 22.7 Å². The zero-order chi connectivity index (χ0) is 18.8. The van der Waals surface area contributed by atoms with Crippen molar-refractivity contribution in [2.75, 3.05) is 16.9 Å². The largest absolute Gasteiger partial charge is 0.396 e. The molecule has 4 N–H and O–H groups in total. The van der Waals surface area contributed by atoms with Crippen LogP contribution in [0.4, 0.5) is 15.8 Å². The van der Waals surface area contributed by atoms with Gasteiger partial charge in [-0.05, 0) is 42.5 Å². The molecular weight excluding hydrogens is 359 g/mol. The number of hydrogen-bond acceptors (Lipinski definition) is 5. The Balaban J connectivity index is 2.15. The first kappa shape index (κ1) is 18.0. The monoisotopic (exact) mass is 374 g/mol. The molecule has 2 aromatic rings. The maximum absolute atomic E-state index is 13.7. The molecule has 1 heterocycles. The molecule has 6 nitrogen and oxygen atoms in total. The lowest BCUT2D eigenvalue weighted by Crippen LogP contribution is -2.19. The normalized spacial score (nSPS) is 12.5. The van der Waals surface area contributed by atoms with Gasteiger partial charge in [-0.15, -0.1) is 11.6 Å². The summed E-state index contributed by atoms with van der Waals surface area (Å²) in [5, 5.41) is 10.1. The highest BCUT2D eigenvalue weighted by Crippen LogP contribution is 2.32. The Morgan fingerprint density at radius 3 is 2.85 bits per heavy atom. The molecule has 0 spiro atoms. The molecule has 0 aliphatic heterocycles. The van der Waals surface area contributed by atoms with Gasteiger partial charge in [-0.25, -0.2) is 4.39 Å². The number of amides is 1. The molecule has 0 atom stereocenters. The molecule has 26 heavy (non-hydrogen) atoms. The lowest BCUT2D eigenvalue weighted by Gasteiger charge is -2.15. The van der Waals surface area contributed by atoms with Crippen LogP contribution in [0.15, 0.2) is 18.3 Å². The average molecular weight is 375 g/mol. The Hall–Kier alpha value is -2.80. The van der Waals surface area contributed by atoms with Crippen LogP contribution in [0, 0.1) is 11.2 Å². The molecule has 8 heteroatoms. The van der Waals surface area contributed by atoms with E-state index in [1.54, 1.807) is 6.20 Å². The highest BCUT2D eigenvalue weighted by Gasteiger charge is 2.26. The SMILES string of the molecule is N=Cc1c(C(=O)c2ncc3c(c2NC(=O)CCl)CCC3)ccc(F)c1N. The lowest BCUT2D eigenvalue weighted by atomic mass is 9.97. The van der Waals surface area contributed by atoms with Crippen molar-refractivity contribution < 1.29 is 14.0 Å². The lowest BCUT2D eigenvalue weighted by molar-refractivity contribution is -0.113. The van der Waals surface area contributed by atoms with Gasteiger partial charge in [-0.1, -0.05) is 0 Å². The van der Waals surface area contributed by atoms with E-state index in [-0.39, 0.29) is 28.4 Å². The minimum Gasteiger partial charge on any atom is -0.396 e. The molecular formula is C18H16ClFN4O2. The smallest absolute Gasteiger partial charge is 0.239 e. The summed E-state index contributed by atoms with van der Waals surface area (Å²) in [5.41, 5.74) is 7.58. The zero-order valence-corrected chi connectivity index (χ0v) is 14.5. The molecule has 1 aliphatic carbocycles. The number of nitrogens with zero attached hydrogens (tertiary/aromatic N) is 1. The number of aromatic nitrogens is 1. The third-order valence-corrected chi connectivity index (χ3v) is 4.62. The molecule has 1 amide bonds. The molecule has 1 aliphatic rings. The molecule has 134 valence electrons. The Morgan fingerprint density at radius 2 is 2.15 bits per heavy atom. The molecule has 0 unspecified atom stereocenters. The number of aryl methyl sites for hydroxylation is 1. The zero-order valence-electron chi connectivity index (χ0n) is 13.7. The van der Waals surface area contributed by atoms with Crippen molar-refractivity contribution >= 4 is 40.9 Å². The number of halogens is 2. The Kier molecular flexibility index (Phi) is 4.99. The summed E-state index contributed by atoms with van der Waals surface area (Å²) in [4.78, 5) is 29.1. The van der Waals surface area contributed by atoms with Crippen LogP contribution < -0.4 is 11.1 Å². The molecule has 1 aromatic carbocycles. The maximum atomic E-state index is 13.7. The summed E-state index contributed by atoms with van der Waals surface area (Å²) >= 11 is 5.58. The number of pyridine rings is 1. The van der Waals surface area contributed by atoms with E-state index in [1.807, 2.05) is 0 Å². The summed E-state index contributed by atoms with van der Waals surface area (Å²) in [6.45, 7) is 0. The van der Waals surface area contributed by atoms with Gasteiger partial charge < -0.3 is 16.5 Å². The summed E-state index contributed by atoms with van der Waals surface area (Å²) in [6.07, 6.45) is 4.86. The first-order chi connectivity index (χ1) is 12.5. The van der Waals surface area contributed by atoms with Crippen molar-refractivity contribution in [3.8, 4) is 0 Å². The van der Waals surface area contributed by atoms with Gasteiger partial charge in [0, 0.05) is 23.5 Å². The number of rotatable bonds is 5. The third-order valence-electron chi connectivity index (χ3n) is 4.37. The van der Waals surface area contributed by atoms with Gasteiger partial charge >= 0.3 is 0 Å². The number of fused-ring (bicyclic) bond motifs is 1. The Labute approximate surface area is 154 Å². The number of carbonyl (C=O) groups is 2. The Bertz CT molecular complexity index is 930. The van der Waals surface area contributed by atoms with Crippen LogP contribution in [0.2, 0.25) is 0 Å². The molecule has 3 rings (SSSR count). The number of hydrogen-bond donors (Lipinski definition) is 3. The summed E-state index contributed by atoms with van der Waals surface area (Å²) in [7, 11) is 0. The number of alkyl halides is 1. The fraction of sp³-hybridized carbons (Fsp3) is 0.222. The minimum absolute atomic E-state index is 0.0214. The number of nitrogen functional groups attached to an aromatic ring is 1. The number of nitrogens with two attached hydrogens (primary N) is 1. The number of nitrogens with one attached hydrogen (secondary N) is 2. The molecule has 0 bridgehead atoms. The molecule has 0 saturated carbocycles. The van der Waals surface area contributed by atoms with Gasteiger partial charge in [0.2, 0.25) is 11.7 Å². The number of anilines is 2. The second-order valence-electron chi connectivity index (χ2n) is 5.92. The van der Waals surface area contributed by atoms with Crippen molar-refractivity contribution in [3.05, 3.63) is 52.1 Å². The fourth-order valence-electron chi connectivity index (χ4n) is 3.12. The highest BCUT2D eigenvalue weighted by atomic mass is 35.5. The van der Waals surface area contributed by atoms with Crippen molar-refractivity contribution in [2.45, 2.75) is 19.3 Å². The van der Waals surface area contributed by atoms with Crippen LogP contribution in [0.25, 0.3) is 0 Å². The minimum atomic E-state index is -0.711. The van der Waals surface area contributed by atoms with E-state index in [1.165, 1.54) is 6.07 Å². The van der Waals surface area contributed by atoms with Crippen LogP contribution in [-0.2, 0) is 17.6 Å². The van der Waals surface area contributed by atoms with Gasteiger partial charge in [-0.3, -0.25) is 14.6 Å². The predicted molar refractivity (Wildman–Crippen MR) is 97.7 cm³/mol. The van der Waals surface area contributed by atoms with Crippen molar-refractivity contribution in [3.63, 3.8) is 0 Å². The first-order valence-electron chi connectivity index (χ1n) is 7.97. The average Bonchev–Trinajstić information content (AvgIpc) is 3.12. The maximum Gasteiger partial charge on any atom is 0.239 e. The van der Waals surface area contributed by atoms with Crippen LogP contribution in [0.3, 0.4) is 0 Å². The van der Waals surface area contributed by atoms with E-state index in [0.717, 1.165) is 36.2 Å². The Morgan fingerprint density at radius 1 is 1.38 bits per heavy atom. The van der Waals surface area contributed by atoms with E-state index in [0.29, 0.717) is 12.1 Å². The highest BCUT2D eigenvalue weighted by molar-refractivity contribution is 6.29.